The number of nitrogens with zero attached hydrogens (tertiary/aromatic N) is 1. The average molecular weight is 443 g/mol. The van der Waals surface area contributed by atoms with Crippen LogP contribution in [0, 0.1) is 5.92 Å². The van der Waals surface area contributed by atoms with Crippen molar-refractivity contribution in [3.8, 4) is 11.5 Å². The number of ether oxygens (including phenoxy) is 2. The first-order valence-corrected chi connectivity index (χ1v) is 10.4. The monoisotopic (exact) mass is 442 g/mol. The molecule has 0 saturated heterocycles. The van der Waals surface area contributed by atoms with E-state index < -0.39 is 0 Å². The lowest BCUT2D eigenvalue weighted by molar-refractivity contribution is -0.121. The lowest BCUT2D eigenvalue weighted by Gasteiger charge is -2.10. The van der Waals surface area contributed by atoms with Crippen LogP contribution in [0.15, 0.2) is 53.5 Å². The number of rotatable bonds is 9. The Morgan fingerprint density at radius 2 is 1.59 bits per heavy atom. The molecule has 0 bridgehead atoms. The summed E-state index contributed by atoms with van der Waals surface area (Å²) < 4.78 is 10.5. The number of aryl methyl sites for hydroxylation is 1. The Kier molecular flexibility index (Phi) is 12.0. The predicted octanol–water partition coefficient (Wildman–Crippen LogP) is 2.44. The van der Waals surface area contributed by atoms with Crippen LogP contribution in [0.2, 0.25) is 0 Å². The minimum Gasteiger partial charge on any atom is -0.493 e. The van der Waals surface area contributed by atoms with Gasteiger partial charge in [-0.1, -0.05) is 50.2 Å². The zero-order valence-corrected chi connectivity index (χ0v) is 19.3. The van der Waals surface area contributed by atoms with Crippen molar-refractivity contribution in [1.29, 1.82) is 0 Å². The zero-order valence-electron chi connectivity index (χ0n) is 19.3. The van der Waals surface area contributed by atoms with Crippen molar-refractivity contribution < 1.29 is 19.1 Å². The second-order valence-electron chi connectivity index (χ2n) is 7.30. The molecule has 0 aromatic heterocycles. The highest BCUT2D eigenvalue weighted by Crippen LogP contribution is 2.27. The van der Waals surface area contributed by atoms with Crippen LogP contribution in [-0.4, -0.2) is 38.5 Å². The lowest BCUT2D eigenvalue weighted by Crippen LogP contribution is -2.25. The van der Waals surface area contributed by atoms with Gasteiger partial charge in [0.2, 0.25) is 5.91 Å². The number of nitrogens with one attached hydrogen (secondary N) is 1. The fourth-order valence-corrected chi connectivity index (χ4v) is 2.63. The summed E-state index contributed by atoms with van der Waals surface area (Å²) in [5.41, 5.74) is 12.2. The Hall–Kier alpha value is -3.55. The van der Waals surface area contributed by atoms with Crippen molar-refractivity contribution >= 4 is 17.8 Å². The third-order valence-corrected chi connectivity index (χ3v) is 4.40. The van der Waals surface area contributed by atoms with Crippen LogP contribution in [-0.2, 0) is 22.4 Å². The fourth-order valence-electron chi connectivity index (χ4n) is 2.63. The van der Waals surface area contributed by atoms with Gasteiger partial charge >= 0.3 is 0 Å². The molecule has 0 heterocycles. The highest BCUT2D eigenvalue weighted by atomic mass is 16.5. The quantitative estimate of drug-likeness (QED) is 0.404. The molecule has 2 rings (SSSR count). The predicted molar refractivity (Wildman–Crippen MR) is 127 cm³/mol. The highest BCUT2D eigenvalue weighted by molar-refractivity contribution is 5.92. The van der Waals surface area contributed by atoms with Gasteiger partial charge in [-0.3, -0.25) is 9.59 Å². The maximum Gasteiger partial charge on any atom is 0.251 e. The van der Waals surface area contributed by atoms with Gasteiger partial charge in [0, 0.05) is 18.9 Å². The molecule has 0 radical (unpaired) electrons. The molecule has 0 aliphatic carbocycles. The van der Waals surface area contributed by atoms with Crippen LogP contribution in [0.4, 0.5) is 0 Å². The van der Waals surface area contributed by atoms with E-state index in [0.717, 1.165) is 18.4 Å². The van der Waals surface area contributed by atoms with Crippen molar-refractivity contribution in [2.24, 2.45) is 22.4 Å². The zero-order chi connectivity index (χ0) is 23.9. The molecule has 5 N–H and O–H groups in total. The molecule has 2 aromatic rings. The molecular formula is C24H34N4O4. The summed E-state index contributed by atoms with van der Waals surface area (Å²) in [6.07, 6.45) is 2.04. The molecule has 0 aliphatic rings. The van der Waals surface area contributed by atoms with Gasteiger partial charge in [0.25, 0.3) is 5.91 Å². The van der Waals surface area contributed by atoms with Crippen molar-refractivity contribution in [3.63, 3.8) is 0 Å². The van der Waals surface area contributed by atoms with E-state index in [0.29, 0.717) is 24.5 Å². The molecule has 0 saturated carbocycles. The number of nitrogens with two attached hydrogens (primary N) is 2. The molecule has 8 nitrogen and oxygen atoms in total. The highest BCUT2D eigenvalue weighted by Gasteiger charge is 2.06. The van der Waals surface area contributed by atoms with Gasteiger partial charge in [0.05, 0.1) is 14.2 Å². The summed E-state index contributed by atoms with van der Waals surface area (Å²) in [4.78, 5) is 25.8. The number of methoxy groups -OCH3 is 2. The Bertz CT molecular complexity index is 879. The third-order valence-electron chi connectivity index (χ3n) is 4.40. The molecule has 32 heavy (non-hydrogen) atoms. The molecule has 0 atom stereocenters. The minimum atomic E-state index is -0.282. The molecule has 0 aliphatic heterocycles. The van der Waals surface area contributed by atoms with Gasteiger partial charge in [0.15, 0.2) is 17.5 Å². The van der Waals surface area contributed by atoms with Crippen LogP contribution in [0.5, 0.6) is 11.5 Å². The van der Waals surface area contributed by atoms with E-state index in [1.54, 1.807) is 28.1 Å². The number of carbonyl (C=O) groups is 2. The van der Waals surface area contributed by atoms with E-state index in [4.69, 9.17) is 20.9 Å². The maximum atomic E-state index is 11.9. The molecule has 2 aromatic carbocycles. The number of hydrogen-bond acceptors (Lipinski definition) is 4. The molecule has 0 spiro atoms. The first-order valence-electron chi connectivity index (χ1n) is 10.4. The average Bonchev–Trinajstić information content (AvgIpc) is 2.78. The third kappa shape index (κ3) is 10.5. The standard InChI is InChI=1S/C19H23NO3.C5H11N3O/c1-22-17-10-8-16(14-18(17)23-2)12-13-20-19(21)11-9-15-6-4-3-5-7-15;1-3(2)4(9)8-5(6)7/h3-8,10,14H,9,11-13H2,1-2H3,(H,20,21);3H,1-2H3,(H4,6,7,8,9). The van der Waals surface area contributed by atoms with Crippen molar-refractivity contribution in [1.82, 2.24) is 5.32 Å². The fraction of sp³-hybridized carbons (Fsp3) is 0.375. The number of amides is 2. The Balaban J connectivity index is 0.000000482. The van der Waals surface area contributed by atoms with Crippen LogP contribution in [0.25, 0.3) is 0 Å². The summed E-state index contributed by atoms with van der Waals surface area (Å²) in [5.74, 6) is 0.911. The van der Waals surface area contributed by atoms with E-state index in [9.17, 15) is 9.59 Å². The second kappa shape index (κ2) is 14.5. The number of guanidine groups is 1. The van der Waals surface area contributed by atoms with Crippen LogP contribution >= 0.6 is 0 Å². The Morgan fingerprint density at radius 1 is 0.938 bits per heavy atom. The summed E-state index contributed by atoms with van der Waals surface area (Å²) in [7, 11) is 3.23. The maximum absolute atomic E-state index is 11.9. The van der Waals surface area contributed by atoms with Crippen LogP contribution < -0.4 is 26.3 Å². The SMILES string of the molecule is CC(C)C(=O)N=C(N)N.COc1ccc(CCNC(=O)CCc2ccccc2)cc1OC. The first-order chi connectivity index (χ1) is 15.3. The van der Waals surface area contributed by atoms with Crippen LogP contribution in [0.1, 0.15) is 31.4 Å². The molecule has 0 fully saturated rings. The van der Waals surface area contributed by atoms with Gasteiger partial charge in [-0.05, 0) is 36.1 Å². The molecule has 174 valence electrons. The normalized spacial score (nSPS) is 9.91. The number of benzene rings is 2. The minimum absolute atomic E-state index is 0.0781. The Morgan fingerprint density at radius 3 is 2.12 bits per heavy atom. The molecule has 8 heteroatoms. The summed E-state index contributed by atoms with van der Waals surface area (Å²) in [6, 6.07) is 15.8. The van der Waals surface area contributed by atoms with Crippen LogP contribution in [0.3, 0.4) is 0 Å². The van der Waals surface area contributed by atoms with E-state index in [2.05, 4.69) is 10.3 Å². The lowest BCUT2D eigenvalue weighted by atomic mass is 10.1. The van der Waals surface area contributed by atoms with E-state index >= 15 is 0 Å². The van der Waals surface area contributed by atoms with Gasteiger partial charge in [-0.2, -0.15) is 4.99 Å². The summed E-state index contributed by atoms with van der Waals surface area (Å²) >= 11 is 0. The van der Waals surface area contributed by atoms with Crippen molar-refractivity contribution in [2.75, 3.05) is 20.8 Å². The molecule has 2 amide bonds. The van der Waals surface area contributed by atoms with Crippen molar-refractivity contribution in [3.05, 3.63) is 59.7 Å². The topological polar surface area (TPSA) is 129 Å². The Labute approximate surface area is 190 Å². The van der Waals surface area contributed by atoms with Gasteiger partial charge in [-0.15, -0.1) is 0 Å². The number of hydrogen-bond donors (Lipinski definition) is 3. The molecule has 0 unspecified atom stereocenters. The second-order valence-corrected chi connectivity index (χ2v) is 7.30. The van der Waals surface area contributed by atoms with Gasteiger partial charge in [-0.25, -0.2) is 0 Å². The van der Waals surface area contributed by atoms with E-state index in [-0.39, 0.29) is 23.7 Å². The number of carbonyl (C=O) groups excluding carboxylic acids is 2. The first kappa shape index (κ1) is 26.5. The van der Waals surface area contributed by atoms with Gasteiger partial charge in [0.1, 0.15) is 0 Å². The largest absolute Gasteiger partial charge is 0.493 e. The van der Waals surface area contributed by atoms with E-state index in [1.165, 1.54) is 5.56 Å². The van der Waals surface area contributed by atoms with E-state index in [1.807, 2.05) is 48.5 Å². The molecular weight excluding hydrogens is 408 g/mol. The summed E-state index contributed by atoms with van der Waals surface area (Å²) in [5, 5.41) is 2.96. The number of aliphatic imine (C=N–C) groups is 1. The smallest absolute Gasteiger partial charge is 0.251 e. The van der Waals surface area contributed by atoms with Crippen molar-refractivity contribution in [2.45, 2.75) is 33.1 Å². The van der Waals surface area contributed by atoms with Gasteiger partial charge < -0.3 is 26.3 Å². The summed E-state index contributed by atoms with van der Waals surface area (Å²) in [6.45, 7) is 4.08.